The highest BCUT2D eigenvalue weighted by Crippen LogP contribution is 2.30. The van der Waals surface area contributed by atoms with E-state index in [1.165, 1.54) is 0 Å². The molecule has 0 saturated carbocycles. The zero-order chi connectivity index (χ0) is 18.6. The molecular weight excluding hydrogens is 340 g/mol. The predicted molar refractivity (Wildman–Crippen MR) is 108 cm³/mol. The van der Waals surface area contributed by atoms with Crippen molar-refractivity contribution in [3.05, 3.63) is 66.2 Å². The molecule has 0 bridgehead atoms. The molecule has 0 aliphatic carbocycles. The lowest BCUT2D eigenvalue weighted by Crippen LogP contribution is -2.36. The summed E-state index contributed by atoms with van der Waals surface area (Å²) in [7, 11) is 1.59. The van der Waals surface area contributed by atoms with Gasteiger partial charge in [-0.15, -0.1) is 0 Å². The summed E-state index contributed by atoms with van der Waals surface area (Å²) in [4.78, 5) is 15.3. The number of anilines is 2. The topological polar surface area (TPSA) is 50.8 Å². The number of ether oxygens (including phenoxy) is 2. The van der Waals surface area contributed by atoms with Crippen LogP contribution in [0.1, 0.15) is 10.4 Å². The van der Waals surface area contributed by atoms with E-state index in [-0.39, 0.29) is 5.91 Å². The van der Waals surface area contributed by atoms with Crippen molar-refractivity contribution < 1.29 is 14.3 Å². The maximum absolute atomic E-state index is 13.0. The summed E-state index contributed by atoms with van der Waals surface area (Å²) in [6.45, 7) is 3.01. The van der Waals surface area contributed by atoms with Crippen molar-refractivity contribution in [3.63, 3.8) is 0 Å². The van der Waals surface area contributed by atoms with Gasteiger partial charge in [-0.2, -0.15) is 0 Å². The molecule has 27 heavy (non-hydrogen) atoms. The van der Waals surface area contributed by atoms with Crippen LogP contribution in [-0.2, 0) is 4.74 Å². The number of nitrogens with one attached hydrogen (secondary N) is 1. The lowest BCUT2D eigenvalue weighted by Gasteiger charge is -2.30. The maximum atomic E-state index is 13.0. The molecule has 3 aromatic carbocycles. The molecule has 0 spiro atoms. The number of amides is 1. The van der Waals surface area contributed by atoms with E-state index in [0.29, 0.717) is 24.5 Å². The van der Waals surface area contributed by atoms with Gasteiger partial charge in [-0.25, -0.2) is 0 Å². The third-order valence-corrected chi connectivity index (χ3v) is 4.82. The lowest BCUT2D eigenvalue weighted by molar-refractivity contribution is 0.102. The Balaban J connectivity index is 1.66. The second kappa shape index (κ2) is 7.68. The molecule has 0 aromatic heterocycles. The average molecular weight is 362 g/mol. The average Bonchev–Trinajstić information content (AvgIpc) is 2.73. The predicted octanol–water partition coefficient (Wildman–Crippen LogP) is 3.94. The van der Waals surface area contributed by atoms with Crippen molar-refractivity contribution in [1.82, 2.24) is 0 Å². The van der Waals surface area contributed by atoms with Crippen LogP contribution in [0.15, 0.2) is 60.7 Å². The third kappa shape index (κ3) is 3.59. The molecule has 5 nitrogen and oxygen atoms in total. The van der Waals surface area contributed by atoms with E-state index < -0.39 is 0 Å². The number of carbonyl (C=O) groups is 1. The minimum atomic E-state index is -0.182. The zero-order valence-corrected chi connectivity index (χ0v) is 15.3. The number of methoxy groups -OCH3 is 1. The van der Waals surface area contributed by atoms with Crippen molar-refractivity contribution >= 4 is 28.1 Å². The number of rotatable bonds is 4. The first-order valence-electron chi connectivity index (χ1n) is 9.06. The highest BCUT2D eigenvalue weighted by molar-refractivity contribution is 6.10. The first-order chi connectivity index (χ1) is 13.3. The molecule has 1 heterocycles. The van der Waals surface area contributed by atoms with Gasteiger partial charge >= 0.3 is 0 Å². The molecule has 1 fully saturated rings. The number of carbonyl (C=O) groups excluding carboxylic acids is 1. The van der Waals surface area contributed by atoms with E-state index in [0.717, 1.165) is 35.2 Å². The Hall–Kier alpha value is -3.05. The van der Waals surface area contributed by atoms with Crippen LogP contribution in [0.5, 0.6) is 5.75 Å². The van der Waals surface area contributed by atoms with Gasteiger partial charge in [0.1, 0.15) is 5.75 Å². The van der Waals surface area contributed by atoms with Crippen LogP contribution in [-0.4, -0.2) is 39.3 Å². The van der Waals surface area contributed by atoms with Gasteiger partial charge in [-0.3, -0.25) is 4.79 Å². The second-order valence-corrected chi connectivity index (χ2v) is 6.47. The Labute approximate surface area is 158 Å². The highest BCUT2D eigenvalue weighted by atomic mass is 16.5. The van der Waals surface area contributed by atoms with Crippen molar-refractivity contribution in [2.24, 2.45) is 0 Å². The fourth-order valence-corrected chi connectivity index (χ4v) is 3.41. The summed E-state index contributed by atoms with van der Waals surface area (Å²) in [6, 6.07) is 19.6. The molecule has 4 rings (SSSR count). The number of para-hydroxylation sites is 2. The number of fused-ring (bicyclic) bond motifs is 1. The first-order valence-corrected chi connectivity index (χ1v) is 9.06. The zero-order valence-electron chi connectivity index (χ0n) is 15.3. The molecule has 1 N–H and O–H groups in total. The van der Waals surface area contributed by atoms with Gasteiger partial charge in [0.25, 0.3) is 5.91 Å². The van der Waals surface area contributed by atoms with Gasteiger partial charge in [-0.1, -0.05) is 36.4 Å². The number of nitrogens with zero attached hydrogens (tertiary/aromatic N) is 1. The standard InChI is InChI=1S/C22H22N2O3/c1-26-21-15-17-7-3-2-6-16(17)14-18(21)22(25)23-19-8-4-5-9-20(19)24-10-12-27-13-11-24/h2-9,14-15H,10-13H2,1H3,(H,23,25). The van der Waals surface area contributed by atoms with Gasteiger partial charge < -0.3 is 19.7 Å². The summed E-state index contributed by atoms with van der Waals surface area (Å²) >= 11 is 0. The smallest absolute Gasteiger partial charge is 0.259 e. The molecule has 0 radical (unpaired) electrons. The van der Waals surface area contributed by atoms with Gasteiger partial charge in [0.05, 0.1) is 37.3 Å². The van der Waals surface area contributed by atoms with E-state index >= 15 is 0 Å². The van der Waals surface area contributed by atoms with Crippen LogP contribution >= 0.6 is 0 Å². The van der Waals surface area contributed by atoms with Crippen LogP contribution in [0.3, 0.4) is 0 Å². The number of benzene rings is 3. The van der Waals surface area contributed by atoms with Crippen LogP contribution < -0.4 is 15.0 Å². The summed E-state index contributed by atoms with van der Waals surface area (Å²) < 4.78 is 10.9. The molecule has 1 aliphatic rings. The number of hydrogen-bond acceptors (Lipinski definition) is 4. The van der Waals surface area contributed by atoms with Crippen LogP contribution in [0.25, 0.3) is 10.8 Å². The number of hydrogen-bond donors (Lipinski definition) is 1. The summed E-state index contributed by atoms with van der Waals surface area (Å²) in [5.74, 6) is 0.383. The van der Waals surface area contributed by atoms with E-state index in [2.05, 4.69) is 10.2 Å². The summed E-state index contributed by atoms with van der Waals surface area (Å²) in [5, 5.41) is 5.11. The minimum Gasteiger partial charge on any atom is -0.496 e. The van der Waals surface area contributed by atoms with Gasteiger partial charge in [0, 0.05) is 13.1 Å². The molecule has 5 heteroatoms. The normalized spacial score (nSPS) is 14.2. The van der Waals surface area contributed by atoms with Crippen LogP contribution in [0.2, 0.25) is 0 Å². The van der Waals surface area contributed by atoms with Crippen molar-refractivity contribution in [2.75, 3.05) is 43.6 Å². The molecule has 0 unspecified atom stereocenters. The van der Waals surface area contributed by atoms with Crippen LogP contribution in [0, 0.1) is 0 Å². The molecule has 0 atom stereocenters. The highest BCUT2D eigenvalue weighted by Gasteiger charge is 2.18. The first kappa shape index (κ1) is 17.4. The molecular formula is C22H22N2O3. The van der Waals surface area contributed by atoms with Gasteiger partial charge in [-0.05, 0) is 35.0 Å². The number of morpholine rings is 1. The Morgan fingerprint density at radius 2 is 1.67 bits per heavy atom. The lowest BCUT2D eigenvalue weighted by atomic mass is 10.0. The fraction of sp³-hybridized carbons (Fsp3) is 0.227. The Bertz CT molecular complexity index is 965. The SMILES string of the molecule is COc1cc2ccccc2cc1C(=O)Nc1ccccc1N1CCOCC1. The fourth-order valence-electron chi connectivity index (χ4n) is 3.41. The largest absolute Gasteiger partial charge is 0.496 e. The van der Waals surface area contributed by atoms with Crippen molar-refractivity contribution in [3.8, 4) is 5.75 Å². The molecule has 1 aliphatic heterocycles. The molecule has 3 aromatic rings. The summed E-state index contributed by atoms with van der Waals surface area (Å²) in [5.41, 5.74) is 2.32. The van der Waals surface area contributed by atoms with Crippen molar-refractivity contribution in [2.45, 2.75) is 0 Å². The monoisotopic (exact) mass is 362 g/mol. The molecule has 1 amide bonds. The molecule has 1 saturated heterocycles. The third-order valence-electron chi connectivity index (χ3n) is 4.82. The Morgan fingerprint density at radius 1 is 1.00 bits per heavy atom. The van der Waals surface area contributed by atoms with E-state index in [1.807, 2.05) is 60.7 Å². The molecule has 138 valence electrons. The quantitative estimate of drug-likeness (QED) is 0.764. The van der Waals surface area contributed by atoms with E-state index in [1.54, 1.807) is 7.11 Å². The Morgan fingerprint density at radius 3 is 2.41 bits per heavy atom. The second-order valence-electron chi connectivity index (χ2n) is 6.47. The minimum absolute atomic E-state index is 0.182. The van der Waals surface area contributed by atoms with Crippen LogP contribution in [0.4, 0.5) is 11.4 Å². The van der Waals surface area contributed by atoms with E-state index in [9.17, 15) is 4.79 Å². The summed E-state index contributed by atoms with van der Waals surface area (Å²) in [6.07, 6.45) is 0. The van der Waals surface area contributed by atoms with Crippen molar-refractivity contribution in [1.29, 1.82) is 0 Å². The maximum Gasteiger partial charge on any atom is 0.259 e. The van der Waals surface area contributed by atoms with Gasteiger partial charge in [0.2, 0.25) is 0 Å². The van der Waals surface area contributed by atoms with Gasteiger partial charge in [0.15, 0.2) is 0 Å². The Kier molecular flexibility index (Phi) is 4.94. The van der Waals surface area contributed by atoms with E-state index in [4.69, 9.17) is 9.47 Å².